The Hall–Kier alpha value is -3.07. The van der Waals surface area contributed by atoms with E-state index in [1.807, 2.05) is 45.0 Å². The first-order valence-electron chi connectivity index (χ1n) is 9.21. The van der Waals surface area contributed by atoms with Gasteiger partial charge in [-0.25, -0.2) is 14.7 Å². The lowest BCUT2D eigenvalue weighted by atomic mass is 10.2. The van der Waals surface area contributed by atoms with Crippen LogP contribution in [0.15, 0.2) is 29.6 Å². The fourth-order valence-corrected chi connectivity index (χ4v) is 3.64. The van der Waals surface area contributed by atoms with Crippen molar-refractivity contribution in [1.29, 1.82) is 0 Å². The number of aromatic nitrogens is 1. The maximum absolute atomic E-state index is 12.4. The van der Waals surface area contributed by atoms with E-state index in [1.165, 1.54) is 11.3 Å². The monoisotopic (exact) mass is 414 g/mol. The number of rotatable bonds is 7. The Kier molecular flexibility index (Phi) is 6.07. The van der Waals surface area contributed by atoms with Crippen molar-refractivity contribution in [3.63, 3.8) is 0 Å². The summed E-state index contributed by atoms with van der Waals surface area (Å²) in [5, 5.41) is 5.05. The minimum Gasteiger partial charge on any atom is -0.326 e. The van der Waals surface area contributed by atoms with Gasteiger partial charge in [-0.15, -0.1) is 11.3 Å². The first-order chi connectivity index (χ1) is 13.7. The number of benzene rings is 1. The fourth-order valence-electron chi connectivity index (χ4n) is 2.86. The molecule has 0 bridgehead atoms. The molecular weight excluding hydrogens is 392 g/mol. The van der Waals surface area contributed by atoms with Crippen LogP contribution >= 0.6 is 11.3 Å². The minimum absolute atomic E-state index is 0.0635. The average Bonchev–Trinajstić information content (AvgIpc) is 3.17. The van der Waals surface area contributed by atoms with Crippen molar-refractivity contribution in [1.82, 2.24) is 14.8 Å². The first kappa shape index (κ1) is 20.7. The molecular formula is C20H22N4O4S. The molecule has 1 aliphatic heterocycles. The lowest BCUT2D eigenvalue weighted by molar-refractivity contribution is -0.143. The van der Waals surface area contributed by atoms with Crippen molar-refractivity contribution < 1.29 is 19.2 Å². The van der Waals surface area contributed by atoms with Crippen molar-refractivity contribution in [2.24, 2.45) is 5.92 Å². The molecule has 1 aromatic carbocycles. The van der Waals surface area contributed by atoms with Crippen LogP contribution < -0.4 is 5.32 Å². The Balaban J connectivity index is 1.60. The van der Waals surface area contributed by atoms with Crippen LogP contribution in [0, 0.1) is 12.8 Å². The van der Waals surface area contributed by atoms with Gasteiger partial charge in [0.15, 0.2) is 0 Å². The Morgan fingerprint density at radius 1 is 1.10 bits per heavy atom. The quantitative estimate of drug-likeness (QED) is 0.554. The van der Waals surface area contributed by atoms with Crippen molar-refractivity contribution in [3.05, 3.63) is 45.9 Å². The molecule has 0 unspecified atom stereocenters. The summed E-state index contributed by atoms with van der Waals surface area (Å²) in [5.74, 6) is -1.80. The van der Waals surface area contributed by atoms with Gasteiger partial charge < -0.3 is 5.32 Å². The second-order valence-corrected chi connectivity index (χ2v) is 8.25. The van der Waals surface area contributed by atoms with Gasteiger partial charge in [-0.2, -0.15) is 0 Å². The molecule has 2 heterocycles. The number of hydrogen-bond donors (Lipinski definition) is 1. The Morgan fingerprint density at radius 2 is 1.76 bits per heavy atom. The number of nitrogens with one attached hydrogen (secondary N) is 1. The molecule has 0 aliphatic carbocycles. The second-order valence-electron chi connectivity index (χ2n) is 7.31. The van der Waals surface area contributed by atoms with Crippen molar-refractivity contribution in [2.45, 2.75) is 33.7 Å². The summed E-state index contributed by atoms with van der Waals surface area (Å²) in [4.78, 5) is 55.0. The van der Waals surface area contributed by atoms with Gasteiger partial charge >= 0.3 is 17.8 Å². The van der Waals surface area contributed by atoms with E-state index in [1.54, 1.807) is 5.38 Å². The number of aryl methyl sites for hydroxylation is 1. The molecule has 1 saturated heterocycles. The van der Waals surface area contributed by atoms with Gasteiger partial charge in [0.05, 0.1) is 18.7 Å². The molecule has 152 valence electrons. The summed E-state index contributed by atoms with van der Waals surface area (Å²) < 4.78 is 0. The molecule has 0 atom stereocenters. The van der Waals surface area contributed by atoms with E-state index < -0.39 is 17.8 Å². The normalized spacial score (nSPS) is 14.3. The second kappa shape index (κ2) is 8.52. The highest BCUT2D eigenvalue weighted by Gasteiger charge is 2.44. The molecule has 1 aliphatic rings. The molecule has 29 heavy (non-hydrogen) atoms. The van der Waals surface area contributed by atoms with Gasteiger partial charge in [-0.05, 0) is 25.0 Å². The van der Waals surface area contributed by atoms with Crippen molar-refractivity contribution >= 4 is 40.8 Å². The number of urea groups is 1. The molecule has 0 spiro atoms. The highest BCUT2D eigenvalue weighted by atomic mass is 32.1. The molecule has 2 aromatic rings. The largest absolute Gasteiger partial charge is 0.334 e. The van der Waals surface area contributed by atoms with Gasteiger partial charge in [-0.1, -0.05) is 31.5 Å². The van der Waals surface area contributed by atoms with E-state index in [0.717, 1.165) is 15.4 Å². The molecule has 3 rings (SSSR count). The van der Waals surface area contributed by atoms with E-state index in [2.05, 4.69) is 10.3 Å². The summed E-state index contributed by atoms with van der Waals surface area (Å²) in [6, 6.07) is 6.84. The molecule has 1 N–H and O–H groups in total. The first-order valence-corrected chi connectivity index (χ1v) is 10.1. The molecule has 0 saturated carbocycles. The smallest absolute Gasteiger partial charge is 0.326 e. The highest BCUT2D eigenvalue weighted by molar-refractivity contribution is 7.09. The number of carbonyl (C=O) groups is 4. The van der Waals surface area contributed by atoms with Gasteiger partial charge in [0, 0.05) is 17.6 Å². The summed E-state index contributed by atoms with van der Waals surface area (Å²) in [6.07, 6.45) is 0.0822. The third kappa shape index (κ3) is 4.86. The van der Waals surface area contributed by atoms with E-state index in [4.69, 9.17) is 0 Å². The van der Waals surface area contributed by atoms with Gasteiger partial charge in [-0.3, -0.25) is 19.3 Å². The zero-order valence-electron chi connectivity index (χ0n) is 16.5. The zero-order chi connectivity index (χ0) is 21.1. The Labute approximate surface area is 172 Å². The number of carbonyl (C=O) groups excluding carboxylic acids is 4. The van der Waals surface area contributed by atoms with Crippen LogP contribution in [0.5, 0.6) is 0 Å². The van der Waals surface area contributed by atoms with E-state index in [-0.39, 0.29) is 31.3 Å². The van der Waals surface area contributed by atoms with Crippen LogP contribution in [0.3, 0.4) is 0 Å². The van der Waals surface area contributed by atoms with Gasteiger partial charge in [0.25, 0.3) is 0 Å². The summed E-state index contributed by atoms with van der Waals surface area (Å²) in [6.45, 7) is 5.80. The molecule has 9 heteroatoms. The topological polar surface area (TPSA) is 99.7 Å². The summed E-state index contributed by atoms with van der Waals surface area (Å²) >= 11 is 1.27. The fraction of sp³-hybridized carbons (Fsp3) is 0.350. The number of anilines is 1. The van der Waals surface area contributed by atoms with Gasteiger partial charge in [0.1, 0.15) is 5.01 Å². The van der Waals surface area contributed by atoms with Crippen LogP contribution in [0.1, 0.15) is 30.1 Å². The minimum atomic E-state index is -0.845. The van der Waals surface area contributed by atoms with Crippen LogP contribution in [0.2, 0.25) is 0 Å². The van der Waals surface area contributed by atoms with Crippen LogP contribution in [-0.4, -0.2) is 45.1 Å². The molecule has 1 aromatic heterocycles. The number of thiazole rings is 1. The predicted octanol–water partition coefficient (Wildman–Crippen LogP) is 2.58. The van der Waals surface area contributed by atoms with Crippen LogP contribution in [-0.2, 0) is 27.3 Å². The average molecular weight is 414 g/mol. The third-order valence-corrected chi connectivity index (χ3v) is 5.15. The van der Waals surface area contributed by atoms with Crippen molar-refractivity contribution in [3.8, 4) is 0 Å². The maximum atomic E-state index is 12.4. The Morgan fingerprint density at radius 3 is 2.41 bits per heavy atom. The molecule has 8 nitrogen and oxygen atoms in total. The van der Waals surface area contributed by atoms with Crippen LogP contribution in [0.4, 0.5) is 10.5 Å². The highest BCUT2D eigenvalue weighted by Crippen LogP contribution is 2.19. The number of nitrogens with zero attached hydrogens (tertiary/aromatic N) is 3. The molecule has 1 fully saturated rings. The van der Waals surface area contributed by atoms with Crippen LogP contribution in [0.25, 0.3) is 0 Å². The number of imide groups is 2. The number of amides is 5. The standard InChI is InChI=1S/C20H22N4O4S/c1-12(2)9-23-18(26)19(27)24(20(23)28)10-15-11-29-17(22-15)8-16(25)21-14-6-4-13(3)5-7-14/h4-7,11-12H,8-10H2,1-3H3,(H,21,25). The molecule has 5 amide bonds. The van der Waals surface area contributed by atoms with E-state index >= 15 is 0 Å². The van der Waals surface area contributed by atoms with Crippen molar-refractivity contribution in [2.75, 3.05) is 11.9 Å². The lowest BCUT2D eigenvalue weighted by Crippen LogP contribution is -2.35. The summed E-state index contributed by atoms with van der Waals surface area (Å²) in [5.41, 5.74) is 2.27. The molecule has 0 radical (unpaired) electrons. The predicted molar refractivity (Wildman–Crippen MR) is 108 cm³/mol. The van der Waals surface area contributed by atoms with E-state index in [0.29, 0.717) is 16.4 Å². The third-order valence-electron chi connectivity index (χ3n) is 4.25. The Bertz CT molecular complexity index is 952. The maximum Gasteiger partial charge on any atom is 0.334 e. The van der Waals surface area contributed by atoms with Gasteiger partial charge in [0.2, 0.25) is 5.91 Å². The zero-order valence-corrected chi connectivity index (χ0v) is 17.3. The lowest BCUT2D eigenvalue weighted by Gasteiger charge is -2.16. The van der Waals surface area contributed by atoms with E-state index in [9.17, 15) is 19.2 Å². The SMILES string of the molecule is Cc1ccc(NC(=O)Cc2nc(CN3C(=O)C(=O)N(CC(C)C)C3=O)cs2)cc1. The summed E-state index contributed by atoms with van der Waals surface area (Å²) in [7, 11) is 0. The number of hydrogen-bond acceptors (Lipinski definition) is 6.